The topological polar surface area (TPSA) is 72.2 Å². The third kappa shape index (κ3) is 3.94. The average Bonchev–Trinajstić information content (AvgIpc) is 2.75. The second-order valence-corrected chi connectivity index (χ2v) is 7.49. The quantitative estimate of drug-likeness (QED) is 0.832. The molecule has 2 aromatic rings. The Labute approximate surface area is 121 Å². The monoisotopic (exact) mass is 316 g/mol. The maximum Gasteiger partial charge on any atom is 0.240 e. The zero-order chi connectivity index (χ0) is 13.9. The Morgan fingerprint density at radius 2 is 2.05 bits per heavy atom. The molecule has 0 spiro atoms. The van der Waals surface area contributed by atoms with Crippen LogP contribution in [-0.2, 0) is 16.4 Å². The zero-order valence-corrected chi connectivity index (χ0v) is 12.4. The van der Waals surface area contributed by atoms with Gasteiger partial charge < -0.3 is 5.73 Å². The Bertz CT molecular complexity index is 668. The highest BCUT2D eigenvalue weighted by atomic mass is 35.5. The fourth-order valence-electron chi connectivity index (χ4n) is 1.56. The van der Waals surface area contributed by atoms with Gasteiger partial charge in [-0.25, -0.2) is 13.1 Å². The summed E-state index contributed by atoms with van der Waals surface area (Å²) < 4.78 is 27.2. The van der Waals surface area contributed by atoms with E-state index in [0.29, 0.717) is 23.0 Å². The van der Waals surface area contributed by atoms with Gasteiger partial charge in [-0.2, -0.15) is 0 Å². The number of sulfonamides is 1. The summed E-state index contributed by atoms with van der Waals surface area (Å²) in [6.07, 6.45) is 0.610. The minimum atomic E-state index is -3.50. The molecule has 0 fully saturated rings. The first-order valence-corrected chi connectivity index (χ1v) is 8.24. The molecule has 19 heavy (non-hydrogen) atoms. The number of nitrogens with two attached hydrogens (primary N) is 1. The van der Waals surface area contributed by atoms with Crippen LogP contribution in [0.3, 0.4) is 0 Å². The molecular weight excluding hydrogens is 304 g/mol. The van der Waals surface area contributed by atoms with E-state index in [1.807, 2.05) is 6.07 Å². The van der Waals surface area contributed by atoms with Crippen molar-refractivity contribution < 1.29 is 8.42 Å². The molecule has 0 aliphatic carbocycles. The van der Waals surface area contributed by atoms with Gasteiger partial charge in [0.1, 0.15) is 0 Å². The van der Waals surface area contributed by atoms with E-state index < -0.39 is 10.0 Å². The molecule has 0 amide bonds. The van der Waals surface area contributed by atoms with E-state index in [9.17, 15) is 8.42 Å². The Morgan fingerprint density at radius 3 is 2.68 bits per heavy atom. The van der Waals surface area contributed by atoms with Crippen molar-refractivity contribution in [2.24, 2.45) is 0 Å². The van der Waals surface area contributed by atoms with Crippen LogP contribution in [0.1, 0.15) is 4.88 Å². The summed E-state index contributed by atoms with van der Waals surface area (Å²) in [6.45, 7) is 0.327. The summed E-state index contributed by atoms with van der Waals surface area (Å²) in [5.74, 6) is 0. The van der Waals surface area contributed by atoms with E-state index in [2.05, 4.69) is 4.72 Å². The molecule has 0 atom stereocenters. The van der Waals surface area contributed by atoms with Crippen molar-refractivity contribution in [3.8, 4) is 0 Å². The molecule has 4 nitrogen and oxygen atoms in total. The molecule has 0 aliphatic heterocycles. The lowest BCUT2D eigenvalue weighted by Crippen LogP contribution is -2.25. The molecule has 3 N–H and O–H groups in total. The molecule has 0 saturated carbocycles. The van der Waals surface area contributed by atoms with Gasteiger partial charge in [-0.3, -0.25) is 0 Å². The van der Waals surface area contributed by atoms with Crippen LogP contribution >= 0.6 is 22.9 Å². The minimum absolute atomic E-state index is 0.178. The molecule has 1 aromatic heterocycles. The van der Waals surface area contributed by atoms with Gasteiger partial charge in [0.15, 0.2) is 0 Å². The Morgan fingerprint density at radius 1 is 1.26 bits per heavy atom. The largest absolute Gasteiger partial charge is 0.399 e. The highest BCUT2D eigenvalue weighted by Gasteiger charge is 2.13. The molecule has 0 radical (unpaired) electrons. The highest BCUT2D eigenvalue weighted by molar-refractivity contribution is 7.89. The van der Waals surface area contributed by atoms with Gasteiger partial charge in [-0.05, 0) is 36.8 Å². The predicted octanol–water partition coefficient (Wildman–Crippen LogP) is 2.50. The highest BCUT2D eigenvalue weighted by Crippen LogP contribution is 2.21. The molecule has 0 unspecified atom stereocenters. The van der Waals surface area contributed by atoms with Crippen LogP contribution in [0.4, 0.5) is 5.69 Å². The van der Waals surface area contributed by atoms with E-state index in [0.717, 1.165) is 4.88 Å². The van der Waals surface area contributed by atoms with Crippen molar-refractivity contribution in [2.45, 2.75) is 11.3 Å². The van der Waals surface area contributed by atoms with Crippen LogP contribution in [-0.4, -0.2) is 15.0 Å². The summed E-state index contributed by atoms with van der Waals surface area (Å²) in [5, 5.41) is 0. The molecule has 1 heterocycles. The van der Waals surface area contributed by atoms with Gasteiger partial charge in [-0.15, -0.1) is 11.3 Å². The molecule has 7 heteroatoms. The Balaban J connectivity index is 1.98. The minimum Gasteiger partial charge on any atom is -0.399 e. The Kier molecular flexibility index (Phi) is 4.46. The number of anilines is 1. The molecule has 0 aliphatic rings. The summed E-state index contributed by atoms with van der Waals surface area (Å²) in [4.78, 5) is 1.22. The summed E-state index contributed by atoms with van der Waals surface area (Å²) >= 11 is 7.26. The molecule has 0 saturated heterocycles. The molecule has 0 bridgehead atoms. The van der Waals surface area contributed by atoms with Gasteiger partial charge in [-0.1, -0.05) is 17.7 Å². The van der Waals surface area contributed by atoms with Crippen molar-refractivity contribution in [3.05, 3.63) is 45.6 Å². The van der Waals surface area contributed by atoms with Crippen molar-refractivity contribution in [1.82, 2.24) is 4.72 Å². The van der Waals surface area contributed by atoms with Crippen LogP contribution in [0.2, 0.25) is 4.34 Å². The maximum absolute atomic E-state index is 12.0. The zero-order valence-electron chi connectivity index (χ0n) is 9.97. The first-order valence-electron chi connectivity index (χ1n) is 5.57. The number of rotatable bonds is 5. The van der Waals surface area contributed by atoms with Gasteiger partial charge in [0, 0.05) is 17.1 Å². The van der Waals surface area contributed by atoms with Crippen LogP contribution in [0.15, 0.2) is 41.3 Å². The SMILES string of the molecule is Nc1cccc(S(=O)(=O)NCCc2ccc(Cl)s2)c1. The van der Waals surface area contributed by atoms with Gasteiger partial charge in [0.05, 0.1) is 9.23 Å². The number of benzene rings is 1. The molecule has 1 aromatic carbocycles. The fraction of sp³-hybridized carbons (Fsp3) is 0.167. The standard InChI is InChI=1S/C12H13ClN2O2S2/c13-12-5-4-10(18-12)6-7-15-19(16,17)11-3-1-2-9(14)8-11/h1-5,8,15H,6-7,14H2. The average molecular weight is 317 g/mol. The van der Waals surface area contributed by atoms with E-state index in [-0.39, 0.29) is 4.90 Å². The van der Waals surface area contributed by atoms with E-state index in [1.54, 1.807) is 18.2 Å². The second kappa shape index (κ2) is 5.92. The van der Waals surface area contributed by atoms with Gasteiger partial charge in [0.2, 0.25) is 10.0 Å². The number of nitrogen functional groups attached to an aromatic ring is 1. The number of thiophene rings is 1. The lowest BCUT2D eigenvalue weighted by atomic mass is 10.3. The van der Waals surface area contributed by atoms with E-state index in [4.69, 9.17) is 17.3 Å². The fourth-order valence-corrected chi connectivity index (χ4v) is 3.73. The van der Waals surface area contributed by atoms with Crippen LogP contribution < -0.4 is 10.5 Å². The Hall–Kier alpha value is -1.08. The van der Waals surface area contributed by atoms with Crippen molar-refractivity contribution in [1.29, 1.82) is 0 Å². The van der Waals surface area contributed by atoms with Gasteiger partial charge >= 0.3 is 0 Å². The molecule has 2 rings (SSSR count). The van der Waals surface area contributed by atoms with Crippen molar-refractivity contribution in [2.75, 3.05) is 12.3 Å². The summed E-state index contributed by atoms with van der Waals surface area (Å²) in [7, 11) is -3.50. The summed E-state index contributed by atoms with van der Waals surface area (Å²) in [5.41, 5.74) is 6.00. The third-order valence-electron chi connectivity index (χ3n) is 2.46. The number of hydrogen-bond donors (Lipinski definition) is 2. The normalized spacial score (nSPS) is 11.6. The number of halogens is 1. The summed E-state index contributed by atoms with van der Waals surface area (Å²) in [6, 6.07) is 9.90. The second-order valence-electron chi connectivity index (χ2n) is 3.93. The number of hydrogen-bond acceptors (Lipinski definition) is 4. The number of nitrogens with one attached hydrogen (secondary N) is 1. The lowest BCUT2D eigenvalue weighted by molar-refractivity contribution is 0.582. The van der Waals surface area contributed by atoms with Crippen LogP contribution in [0.5, 0.6) is 0 Å². The van der Waals surface area contributed by atoms with E-state index >= 15 is 0 Å². The predicted molar refractivity (Wildman–Crippen MR) is 79.1 cm³/mol. The smallest absolute Gasteiger partial charge is 0.240 e. The first kappa shape index (κ1) is 14.3. The van der Waals surface area contributed by atoms with Crippen molar-refractivity contribution >= 4 is 38.6 Å². The lowest BCUT2D eigenvalue weighted by Gasteiger charge is -2.06. The molecular formula is C12H13ClN2O2S2. The van der Waals surface area contributed by atoms with Crippen LogP contribution in [0.25, 0.3) is 0 Å². The maximum atomic E-state index is 12.0. The van der Waals surface area contributed by atoms with Gasteiger partial charge in [0.25, 0.3) is 0 Å². The van der Waals surface area contributed by atoms with Crippen LogP contribution in [0, 0.1) is 0 Å². The third-order valence-corrected chi connectivity index (χ3v) is 5.21. The van der Waals surface area contributed by atoms with E-state index in [1.165, 1.54) is 23.5 Å². The molecule has 102 valence electrons. The first-order chi connectivity index (χ1) is 8.97. The van der Waals surface area contributed by atoms with Crippen molar-refractivity contribution in [3.63, 3.8) is 0 Å².